The van der Waals surface area contributed by atoms with Gasteiger partial charge in [-0.15, -0.1) is 5.10 Å². The van der Waals surface area contributed by atoms with Gasteiger partial charge < -0.3 is 5.73 Å². The average molecular weight is 242 g/mol. The topological polar surface area (TPSA) is 89.3 Å². The van der Waals surface area contributed by atoms with Crippen LogP contribution in [0.5, 0.6) is 0 Å². The summed E-state index contributed by atoms with van der Waals surface area (Å²) in [4.78, 5) is 4.16. The molecule has 5 N–H and O–H groups in total. The largest absolute Gasteiger partial charge is 0.380 e. The zero-order chi connectivity index (χ0) is 12.0. The van der Waals surface area contributed by atoms with Gasteiger partial charge in [-0.25, -0.2) is 16.4 Å². The second-order valence-electron chi connectivity index (χ2n) is 3.37. The summed E-state index contributed by atoms with van der Waals surface area (Å²) in [5, 5.41) is 4.10. The Morgan fingerprint density at radius 1 is 1.56 bits per heavy atom. The van der Waals surface area contributed by atoms with Crippen molar-refractivity contribution >= 4 is 17.4 Å². The molecule has 1 rings (SSSR count). The van der Waals surface area contributed by atoms with Crippen LogP contribution in [-0.2, 0) is 6.42 Å². The first kappa shape index (κ1) is 12.7. The van der Waals surface area contributed by atoms with E-state index in [0.717, 1.165) is 24.8 Å². The predicted molar refractivity (Wildman–Crippen MR) is 65.9 cm³/mol. The maximum Gasteiger partial charge on any atom is 0.171 e. The van der Waals surface area contributed by atoms with Crippen molar-refractivity contribution < 1.29 is 0 Å². The summed E-state index contributed by atoms with van der Waals surface area (Å²) >= 11 is 5.82. The molecule has 0 spiro atoms. The number of pyridine rings is 1. The number of halogens is 1. The fourth-order valence-electron chi connectivity index (χ4n) is 1.38. The molecule has 16 heavy (non-hydrogen) atoms. The SMILES string of the molecule is CCCCc1ccc(Cl)nc1/C(N)=N/NN. The van der Waals surface area contributed by atoms with E-state index < -0.39 is 0 Å². The number of aromatic nitrogens is 1. The number of rotatable bonds is 5. The van der Waals surface area contributed by atoms with Crippen LogP contribution in [0.25, 0.3) is 0 Å². The quantitative estimate of drug-likeness (QED) is 0.237. The number of hydrogen-bond acceptors (Lipinski definition) is 4. The summed E-state index contributed by atoms with van der Waals surface area (Å²) < 4.78 is 0. The Morgan fingerprint density at radius 3 is 2.94 bits per heavy atom. The molecule has 0 saturated heterocycles. The Kier molecular flexibility index (Phi) is 5.01. The zero-order valence-electron chi connectivity index (χ0n) is 9.20. The summed E-state index contributed by atoms with van der Waals surface area (Å²) in [6, 6.07) is 3.67. The molecule has 0 saturated carbocycles. The molecule has 0 aliphatic rings. The highest BCUT2D eigenvalue weighted by atomic mass is 35.5. The molecule has 1 heterocycles. The number of nitrogens with one attached hydrogen (secondary N) is 1. The molecule has 0 radical (unpaired) electrons. The lowest BCUT2D eigenvalue weighted by Crippen LogP contribution is -2.25. The minimum absolute atomic E-state index is 0.246. The van der Waals surface area contributed by atoms with Crippen LogP contribution in [0.3, 0.4) is 0 Å². The lowest BCUT2D eigenvalue weighted by molar-refractivity contribution is 0.785. The highest BCUT2D eigenvalue weighted by molar-refractivity contribution is 6.29. The van der Waals surface area contributed by atoms with Gasteiger partial charge in [0.15, 0.2) is 5.84 Å². The van der Waals surface area contributed by atoms with Gasteiger partial charge in [0.1, 0.15) is 10.8 Å². The molecule has 0 amide bonds. The van der Waals surface area contributed by atoms with Crippen LogP contribution in [0.1, 0.15) is 31.0 Å². The van der Waals surface area contributed by atoms with E-state index in [4.69, 9.17) is 23.2 Å². The first-order valence-corrected chi connectivity index (χ1v) is 5.51. The number of nitrogens with two attached hydrogens (primary N) is 2. The van der Waals surface area contributed by atoms with Crippen molar-refractivity contribution in [2.45, 2.75) is 26.2 Å². The lowest BCUT2D eigenvalue weighted by atomic mass is 10.1. The van der Waals surface area contributed by atoms with Gasteiger partial charge in [0.25, 0.3) is 0 Å². The number of aryl methyl sites for hydroxylation is 1. The van der Waals surface area contributed by atoms with Crippen LogP contribution < -0.4 is 17.1 Å². The minimum atomic E-state index is 0.246. The second-order valence-corrected chi connectivity index (χ2v) is 3.76. The summed E-state index contributed by atoms with van der Waals surface area (Å²) in [5.74, 6) is 5.32. The first-order chi connectivity index (χ1) is 7.69. The van der Waals surface area contributed by atoms with Gasteiger partial charge >= 0.3 is 0 Å². The molecular weight excluding hydrogens is 226 g/mol. The molecule has 0 fully saturated rings. The molecule has 0 aromatic carbocycles. The van der Waals surface area contributed by atoms with Crippen LogP contribution in [0.15, 0.2) is 17.2 Å². The van der Waals surface area contributed by atoms with Gasteiger partial charge in [0, 0.05) is 0 Å². The maximum absolute atomic E-state index is 5.82. The van der Waals surface area contributed by atoms with Crippen LogP contribution in [0.2, 0.25) is 5.15 Å². The third-order valence-electron chi connectivity index (χ3n) is 2.17. The minimum Gasteiger partial charge on any atom is -0.380 e. The normalized spacial score (nSPS) is 11.6. The van der Waals surface area contributed by atoms with Crippen LogP contribution in [0.4, 0.5) is 0 Å². The molecule has 5 nitrogen and oxygen atoms in total. The van der Waals surface area contributed by atoms with E-state index in [9.17, 15) is 0 Å². The number of amidine groups is 1. The standard InChI is InChI=1S/C10H16ClN5/c1-2-3-4-7-5-6-8(11)14-9(7)10(12)15-16-13/h5-6,16H,2-4,13H2,1H3,(H2,12,15). The highest BCUT2D eigenvalue weighted by Gasteiger charge is 2.09. The number of nitrogens with zero attached hydrogens (tertiary/aromatic N) is 2. The molecule has 0 bridgehead atoms. The summed E-state index contributed by atoms with van der Waals surface area (Å²) in [6.07, 6.45) is 3.07. The van der Waals surface area contributed by atoms with Crippen LogP contribution in [-0.4, -0.2) is 10.8 Å². The second kappa shape index (κ2) is 6.30. The Hall–Kier alpha value is -1.33. The van der Waals surface area contributed by atoms with E-state index in [0.29, 0.717) is 10.8 Å². The van der Waals surface area contributed by atoms with Gasteiger partial charge in [0.2, 0.25) is 0 Å². The average Bonchev–Trinajstić information content (AvgIpc) is 2.27. The Morgan fingerprint density at radius 2 is 2.31 bits per heavy atom. The van der Waals surface area contributed by atoms with Crippen molar-refractivity contribution in [3.8, 4) is 0 Å². The van der Waals surface area contributed by atoms with Crippen molar-refractivity contribution in [1.82, 2.24) is 10.5 Å². The summed E-state index contributed by atoms with van der Waals surface area (Å²) in [6.45, 7) is 2.13. The van der Waals surface area contributed by atoms with E-state index >= 15 is 0 Å². The summed E-state index contributed by atoms with van der Waals surface area (Å²) in [5.41, 5.74) is 9.51. The molecule has 88 valence electrons. The number of hydrogen-bond donors (Lipinski definition) is 3. The van der Waals surface area contributed by atoms with Crippen LogP contribution in [0, 0.1) is 0 Å². The molecule has 0 unspecified atom stereocenters. The van der Waals surface area contributed by atoms with Gasteiger partial charge in [-0.3, -0.25) is 0 Å². The van der Waals surface area contributed by atoms with Crippen LogP contribution >= 0.6 is 11.6 Å². The van der Waals surface area contributed by atoms with E-state index in [1.807, 2.05) is 6.07 Å². The monoisotopic (exact) mass is 241 g/mol. The highest BCUT2D eigenvalue weighted by Crippen LogP contribution is 2.14. The fourth-order valence-corrected chi connectivity index (χ4v) is 1.52. The Labute approximate surface area is 99.8 Å². The molecule has 0 aliphatic heterocycles. The van der Waals surface area contributed by atoms with Gasteiger partial charge in [-0.05, 0) is 24.5 Å². The van der Waals surface area contributed by atoms with E-state index in [-0.39, 0.29) is 5.84 Å². The smallest absolute Gasteiger partial charge is 0.171 e. The molecule has 6 heteroatoms. The Balaban J connectivity index is 3.02. The first-order valence-electron chi connectivity index (χ1n) is 5.13. The number of unbranched alkanes of at least 4 members (excludes halogenated alkanes) is 1. The van der Waals surface area contributed by atoms with Gasteiger partial charge in [0.05, 0.1) is 0 Å². The lowest BCUT2D eigenvalue weighted by Gasteiger charge is -2.07. The molecule has 1 aromatic rings. The third-order valence-corrected chi connectivity index (χ3v) is 2.38. The number of hydrazine groups is 1. The fraction of sp³-hybridized carbons (Fsp3) is 0.400. The maximum atomic E-state index is 5.82. The molecule has 0 aliphatic carbocycles. The zero-order valence-corrected chi connectivity index (χ0v) is 9.96. The van der Waals surface area contributed by atoms with Crippen molar-refractivity contribution in [3.05, 3.63) is 28.5 Å². The number of hydrazone groups is 1. The van der Waals surface area contributed by atoms with Gasteiger partial charge in [-0.2, -0.15) is 0 Å². The molecule has 1 aromatic heterocycles. The van der Waals surface area contributed by atoms with Crippen molar-refractivity contribution in [3.63, 3.8) is 0 Å². The Bertz CT molecular complexity index is 377. The third kappa shape index (κ3) is 3.36. The summed E-state index contributed by atoms with van der Waals surface area (Å²) in [7, 11) is 0. The van der Waals surface area contributed by atoms with Crippen molar-refractivity contribution in [2.75, 3.05) is 0 Å². The van der Waals surface area contributed by atoms with Crippen molar-refractivity contribution in [1.29, 1.82) is 0 Å². The van der Waals surface area contributed by atoms with Crippen molar-refractivity contribution in [2.24, 2.45) is 16.7 Å². The molecular formula is C10H16ClN5. The molecule has 0 atom stereocenters. The van der Waals surface area contributed by atoms with E-state index in [1.54, 1.807) is 6.07 Å². The van der Waals surface area contributed by atoms with E-state index in [2.05, 4.69) is 22.5 Å². The van der Waals surface area contributed by atoms with Gasteiger partial charge in [-0.1, -0.05) is 31.0 Å². The predicted octanol–water partition coefficient (Wildman–Crippen LogP) is 1.16. The van der Waals surface area contributed by atoms with E-state index in [1.165, 1.54) is 0 Å².